The lowest BCUT2D eigenvalue weighted by atomic mass is 9.87. The largest absolute Gasteiger partial charge is 0.399 e. The molecule has 3 N–H and O–H groups in total. The second-order valence-corrected chi connectivity index (χ2v) is 7.69. The molecule has 1 aliphatic rings. The number of nitrogen functional groups attached to an aromatic ring is 1. The second kappa shape index (κ2) is 7.66. The summed E-state index contributed by atoms with van der Waals surface area (Å²) in [5, 5.41) is 7.38. The van der Waals surface area contributed by atoms with Crippen molar-refractivity contribution in [1.82, 2.24) is 20.1 Å². The topological polar surface area (TPSA) is 85.8 Å². The van der Waals surface area contributed by atoms with E-state index < -0.39 is 5.82 Å². The number of carbonyl (C=O) groups excluding carboxylic acids is 1. The van der Waals surface area contributed by atoms with Gasteiger partial charge in [-0.3, -0.25) is 4.79 Å². The Hall–Kier alpha value is -3.22. The zero-order chi connectivity index (χ0) is 20.5. The number of aromatic nitrogens is 3. The summed E-state index contributed by atoms with van der Waals surface area (Å²) in [6.07, 6.45) is 2.76. The van der Waals surface area contributed by atoms with Gasteiger partial charge in [-0.2, -0.15) is 0 Å². The van der Waals surface area contributed by atoms with Crippen LogP contribution in [0.5, 0.6) is 0 Å². The van der Waals surface area contributed by atoms with Crippen LogP contribution in [0.1, 0.15) is 66.2 Å². The number of nitrogens with two attached hydrogens (primary N) is 1. The number of carbonyl (C=O) groups is 1. The van der Waals surface area contributed by atoms with Gasteiger partial charge in [0.25, 0.3) is 5.91 Å². The molecular weight excluding hydrogens is 369 g/mol. The van der Waals surface area contributed by atoms with Gasteiger partial charge in [0.05, 0.1) is 6.04 Å². The fourth-order valence-corrected chi connectivity index (χ4v) is 3.80. The number of fused-ring (bicyclic) bond motifs is 1. The van der Waals surface area contributed by atoms with E-state index in [9.17, 15) is 9.18 Å². The highest BCUT2D eigenvalue weighted by molar-refractivity contribution is 5.90. The summed E-state index contributed by atoms with van der Waals surface area (Å²) in [5.74, 6) is -0.222. The Bertz CT molecular complexity index is 1060. The molecule has 150 valence electrons. The molecule has 3 aromatic rings. The molecule has 1 aliphatic carbocycles. The van der Waals surface area contributed by atoms with E-state index in [0.717, 1.165) is 36.1 Å². The molecule has 0 saturated carbocycles. The number of rotatable bonds is 4. The number of para-hydroxylation sites is 1. The first-order valence-electron chi connectivity index (χ1n) is 9.85. The van der Waals surface area contributed by atoms with Gasteiger partial charge in [0.1, 0.15) is 17.3 Å². The lowest BCUT2D eigenvalue weighted by Gasteiger charge is -2.26. The number of hydrogen-bond donors (Lipinski definition) is 2. The van der Waals surface area contributed by atoms with Crippen LogP contribution in [0.3, 0.4) is 0 Å². The van der Waals surface area contributed by atoms with Crippen LogP contribution in [0.2, 0.25) is 0 Å². The average molecular weight is 393 g/mol. The normalized spacial score (nSPS) is 15.9. The summed E-state index contributed by atoms with van der Waals surface area (Å²) in [7, 11) is 0. The maximum atomic E-state index is 14.3. The Morgan fingerprint density at radius 3 is 2.83 bits per heavy atom. The lowest BCUT2D eigenvalue weighted by Crippen LogP contribution is -2.31. The fourth-order valence-electron chi connectivity index (χ4n) is 3.80. The van der Waals surface area contributed by atoms with E-state index in [-0.39, 0.29) is 29.4 Å². The zero-order valence-electron chi connectivity index (χ0n) is 16.5. The van der Waals surface area contributed by atoms with Crippen molar-refractivity contribution in [2.45, 2.75) is 45.1 Å². The highest BCUT2D eigenvalue weighted by Crippen LogP contribution is 2.31. The molecule has 1 atom stereocenters. The number of benzene rings is 2. The summed E-state index contributed by atoms with van der Waals surface area (Å²) in [6, 6.07) is 12.0. The zero-order valence-corrected chi connectivity index (χ0v) is 16.5. The first-order valence-corrected chi connectivity index (χ1v) is 9.85. The predicted octanol–water partition coefficient (Wildman–Crippen LogP) is 3.92. The standard InChI is InChI=1S/C22H24FN5O/c1-13(2)21-26-20(27-28(21)19-9-4-3-7-17(19)23)22(29)25-18-8-5-6-14-12-15(24)10-11-16(14)18/h3-4,7,9-13,18H,5-6,8,24H2,1-2H3,(H,25,29). The molecule has 1 amide bonds. The average Bonchev–Trinajstić information content (AvgIpc) is 3.14. The Morgan fingerprint density at radius 2 is 2.07 bits per heavy atom. The number of amides is 1. The lowest BCUT2D eigenvalue weighted by molar-refractivity contribution is 0.0922. The van der Waals surface area contributed by atoms with Crippen molar-refractivity contribution in [3.63, 3.8) is 0 Å². The van der Waals surface area contributed by atoms with Gasteiger partial charge in [-0.05, 0) is 54.7 Å². The third kappa shape index (κ3) is 3.72. The van der Waals surface area contributed by atoms with Gasteiger partial charge < -0.3 is 11.1 Å². The molecular formula is C22H24FN5O. The van der Waals surface area contributed by atoms with Crippen LogP contribution in [0.4, 0.5) is 10.1 Å². The molecule has 1 unspecified atom stereocenters. The molecule has 0 aliphatic heterocycles. The van der Waals surface area contributed by atoms with Crippen LogP contribution >= 0.6 is 0 Å². The highest BCUT2D eigenvalue weighted by Gasteiger charge is 2.26. The summed E-state index contributed by atoms with van der Waals surface area (Å²) >= 11 is 0. The molecule has 1 heterocycles. The minimum Gasteiger partial charge on any atom is -0.399 e. The van der Waals surface area contributed by atoms with Gasteiger partial charge in [0.15, 0.2) is 0 Å². The minimum absolute atomic E-state index is 0.0259. The van der Waals surface area contributed by atoms with Crippen LogP contribution < -0.4 is 11.1 Å². The number of hydrogen-bond acceptors (Lipinski definition) is 4. The molecule has 1 aromatic heterocycles. The molecule has 29 heavy (non-hydrogen) atoms. The van der Waals surface area contributed by atoms with Crippen molar-refractivity contribution in [2.24, 2.45) is 0 Å². The summed E-state index contributed by atoms with van der Waals surface area (Å²) in [5.41, 5.74) is 9.14. The molecule has 0 spiro atoms. The van der Waals surface area contributed by atoms with Crippen LogP contribution in [0.15, 0.2) is 42.5 Å². The van der Waals surface area contributed by atoms with E-state index in [2.05, 4.69) is 15.4 Å². The Morgan fingerprint density at radius 1 is 1.28 bits per heavy atom. The second-order valence-electron chi connectivity index (χ2n) is 7.69. The van der Waals surface area contributed by atoms with Gasteiger partial charge in [-0.1, -0.05) is 32.0 Å². The molecule has 6 nitrogen and oxygen atoms in total. The van der Waals surface area contributed by atoms with Crippen LogP contribution in [-0.2, 0) is 6.42 Å². The summed E-state index contributed by atoms with van der Waals surface area (Å²) < 4.78 is 15.7. The fraction of sp³-hybridized carbons (Fsp3) is 0.318. The monoisotopic (exact) mass is 393 g/mol. The van der Waals surface area contributed by atoms with E-state index in [4.69, 9.17) is 5.73 Å². The third-order valence-corrected chi connectivity index (χ3v) is 5.22. The molecule has 0 fully saturated rings. The number of anilines is 1. The van der Waals surface area contributed by atoms with Crippen LogP contribution in [-0.4, -0.2) is 20.7 Å². The Kier molecular flexibility index (Phi) is 5.05. The SMILES string of the molecule is CC(C)c1nc(C(=O)NC2CCCc3cc(N)ccc32)nn1-c1ccccc1F. The van der Waals surface area contributed by atoms with Crippen molar-refractivity contribution >= 4 is 11.6 Å². The van der Waals surface area contributed by atoms with Gasteiger partial charge in [0.2, 0.25) is 5.82 Å². The number of halogens is 1. The molecule has 0 radical (unpaired) electrons. The summed E-state index contributed by atoms with van der Waals surface area (Å²) in [4.78, 5) is 17.3. The van der Waals surface area contributed by atoms with E-state index >= 15 is 0 Å². The first-order chi connectivity index (χ1) is 13.9. The van der Waals surface area contributed by atoms with Crippen molar-refractivity contribution < 1.29 is 9.18 Å². The number of aryl methyl sites for hydroxylation is 1. The van der Waals surface area contributed by atoms with E-state index in [0.29, 0.717) is 5.82 Å². The Labute approximate surface area is 169 Å². The Balaban J connectivity index is 1.64. The third-order valence-electron chi connectivity index (χ3n) is 5.22. The van der Waals surface area contributed by atoms with Crippen LogP contribution in [0.25, 0.3) is 5.69 Å². The van der Waals surface area contributed by atoms with Gasteiger partial charge in [0, 0.05) is 11.6 Å². The van der Waals surface area contributed by atoms with Crippen molar-refractivity contribution in [3.8, 4) is 5.69 Å². The van der Waals surface area contributed by atoms with Crippen molar-refractivity contribution in [3.05, 3.63) is 71.1 Å². The summed E-state index contributed by atoms with van der Waals surface area (Å²) in [6.45, 7) is 3.87. The smallest absolute Gasteiger partial charge is 0.291 e. The van der Waals surface area contributed by atoms with Gasteiger partial charge in [-0.25, -0.2) is 14.1 Å². The number of nitrogens with zero attached hydrogens (tertiary/aromatic N) is 3. The quantitative estimate of drug-likeness (QED) is 0.658. The molecule has 2 aromatic carbocycles. The van der Waals surface area contributed by atoms with Crippen LogP contribution in [0, 0.1) is 5.82 Å². The van der Waals surface area contributed by atoms with Crippen molar-refractivity contribution in [2.75, 3.05) is 5.73 Å². The first kappa shape index (κ1) is 19.1. The molecule has 0 saturated heterocycles. The van der Waals surface area contributed by atoms with Gasteiger partial charge in [-0.15, -0.1) is 5.10 Å². The van der Waals surface area contributed by atoms with E-state index in [1.54, 1.807) is 18.2 Å². The number of nitrogens with one attached hydrogen (secondary N) is 1. The molecule has 7 heteroatoms. The van der Waals surface area contributed by atoms with E-state index in [1.165, 1.54) is 10.7 Å². The minimum atomic E-state index is -0.412. The maximum absolute atomic E-state index is 14.3. The molecule has 4 rings (SSSR count). The van der Waals surface area contributed by atoms with E-state index in [1.807, 2.05) is 32.0 Å². The van der Waals surface area contributed by atoms with Crippen molar-refractivity contribution in [1.29, 1.82) is 0 Å². The maximum Gasteiger partial charge on any atom is 0.291 e. The molecule has 0 bridgehead atoms. The predicted molar refractivity (Wildman–Crippen MR) is 109 cm³/mol. The highest BCUT2D eigenvalue weighted by atomic mass is 19.1. The van der Waals surface area contributed by atoms with Gasteiger partial charge >= 0.3 is 0 Å².